The molecule has 0 radical (unpaired) electrons. The van der Waals surface area contributed by atoms with Gasteiger partial charge in [0, 0.05) is 31.2 Å². The molecule has 1 atom stereocenters. The third kappa shape index (κ3) is 4.02. The summed E-state index contributed by atoms with van der Waals surface area (Å²) in [5.74, 6) is -0.455. The normalized spacial score (nSPS) is 19.4. The van der Waals surface area contributed by atoms with Gasteiger partial charge in [0.2, 0.25) is 5.91 Å². The van der Waals surface area contributed by atoms with Crippen molar-refractivity contribution < 1.29 is 19.0 Å². The lowest BCUT2D eigenvalue weighted by Gasteiger charge is -2.13. The van der Waals surface area contributed by atoms with Gasteiger partial charge in [-0.15, -0.1) is 0 Å². The Balaban J connectivity index is 1.87. The second kappa shape index (κ2) is 7.36. The van der Waals surface area contributed by atoms with E-state index < -0.39 is 5.82 Å². The highest BCUT2D eigenvalue weighted by atomic mass is 19.1. The molecule has 1 aliphatic heterocycles. The van der Waals surface area contributed by atoms with E-state index in [0.29, 0.717) is 18.7 Å². The molecule has 1 unspecified atom stereocenters. The molecule has 1 amide bonds. The van der Waals surface area contributed by atoms with Crippen molar-refractivity contribution >= 4 is 5.91 Å². The first-order valence-corrected chi connectivity index (χ1v) is 6.94. The molecule has 0 aromatic heterocycles. The Kier molecular flexibility index (Phi) is 5.49. The van der Waals surface area contributed by atoms with Crippen molar-refractivity contribution in [2.45, 2.75) is 32.4 Å². The molecule has 1 fully saturated rings. The molecule has 1 aromatic carbocycles. The highest BCUT2D eigenvalue weighted by Gasteiger charge is 2.19. The van der Waals surface area contributed by atoms with Gasteiger partial charge in [-0.2, -0.15) is 0 Å². The maximum Gasteiger partial charge on any atom is 0.223 e. The van der Waals surface area contributed by atoms with Gasteiger partial charge in [-0.05, 0) is 30.9 Å². The van der Waals surface area contributed by atoms with Gasteiger partial charge in [-0.25, -0.2) is 4.39 Å². The number of aliphatic hydroxyl groups excluding tert-OH is 1. The number of ether oxygens (including phenoxy) is 1. The van der Waals surface area contributed by atoms with Crippen LogP contribution in [0.4, 0.5) is 4.39 Å². The van der Waals surface area contributed by atoms with Crippen LogP contribution in [0.5, 0.6) is 0 Å². The Bertz CT molecular complexity index is 456. The number of hydrogen-bond donors (Lipinski definition) is 2. The van der Waals surface area contributed by atoms with Crippen LogP contribution in [-0.4, -0.2) is 24.2 Å². The molecular formula is C15H20FNO3. The predicted molar refractivity (Wildman–Crippen MR) is 72.3 cm³/mol. The summed E-state index contributed by atoms with van der Waals surface area (Å²) in [7, 11) is 0. The molecule has 20 heavy (non-hydrogen) atoms. The molecule has 1 saturated heterocycles. The van der Waals surface area contributed by atoms with Gasteiger partial charge in [-0.3, -0.25) is 4.79 Å². The summed E-state index contributed by atoms with van der Waals surface area (Å²) in [6.45, 7) is 1.33. The molecular weight excluding hydrogens is 261 g/mol. The predicted octanol–water partition coefficient (Wildman–Crippen LogP) is 1.75. The van der Waals surface area contributed by atoms with Crippen molar-refractivity contribution in [2.75, 3.05) is 13.2 Å². The van der Waals surface area contributed by atoms with Crippen LogP contribution in [0.2, 0.25) is 0 Å². The van der Waals surface area contributed by atoms with Crippen LogP contribution >= 0.6 is 0 Å². The Labute approximate surface area is 117 Å². The molecule has 5 heteroatoms. The molecule has 2 rings (SSSR count). The Morgan fingerprint density at radius 2 is 2.25 bits per heavy atom. The van der Waals surface area contributed by atoms with Crippen LogP contribution in [0, 0.1) is 11.7 Å². The maximum absolute atomic E-state index is 13.5. The molecule has 2 N–H and O–H groups in total. The van der Waals surface area contributed by atoms with E-state index in [-0.39, 0.29) is 24.0 Å². The summed E-state index contributed by atoms with van der Waals surface area (Å²) in [5, 5.41) is 11.7. The molecule has 1 aromatic rings. The lowest BCUT2D eigenvalue weighted by molar-refractivity contribution is -0.125. The summed E-state index contributed by atoms with van der Waals surface area (Å²) >= 11 is 0. The third-order valence-electron chi connectivity index (χ3n) is 3.58. The van der Waals surface area contributed by atoms with E-state index in [1.807, 2.05) is 0 Å². The average molecular weight is 281 g/mol. The van der Waals surface area contributed by atoms with Gasteiger partial charge in [0.25, 0.3) is 0 Å². The molecule has 0 saturated carbocycles. The zero-order valence-corrected chi connectivity index (χ0v) is 11.4. The molecule has 1 heterocycles. The average Bonchev–Trinajstić information content (AvgIpc) is 2.74. The summed E-state index contributed by atoms with van der Waals surface area (Å²) in [5.41, 5.74) is 0.957. The molecule has 0 spiro atoms. The summed E-state index contributed by atoms with van der Waals surface area (Å²) < 4.78 is 18.8. The number of aliphatic hydroxyl groups is 1. The second-order valence-corrected chi connectivity index (χ2v) is 5.04. The van der Waals surface area contributed by atoms with Crippen LogP contribution in [0.1, 0.15) is 30.4 Å². The fourth-order valence-electron chi connectivity index (χ4n) is 2.33. The fourth-order valence-corrected chi connectivity index (χ4v) is 2.33. The lowest BCUT2D eigenvalue weighted by atomic mass is 10.00. The number of benzene rings is 1. The topological polar surface area (TPSA) is 58.6 Å². The van der Waals surface area contributed by atoms with Crippen molar-refractivity contribution in [3.8, 4) is 0 Å². The highest BCUT2D eigenvalue weighted by molar-refractivity contribution is 5.78. The molecule has 110 valence electrons. The van der Waals surface area contributed by atoms with Crippen molar-refractivity contribution in [3.63, 3.8) is 0 Å². The van der Waals surface area contributed by atoms with Crippen LogP contribution in [-0.2, 0) is 22.7 Å². The SMILES string of the molecule is O=C(NCc1ccc(CO)c(F)c1)C1CCCOCC1. The zero-order valence-electron chi connectivity index (χ0n) is 11.4. The smallest absolute Gasteiger partial charge is 0.223 e. The first-order chi connectivity index (χ1) is 9.70. The van der Waals surface area contributed by atoms with E-state index in [0.717, 1.165) is 25.9 Å². The van der Waals surface area contributed by atoms with Crippen molar-refractivity contribution in [1.29, 1.82) is 0 Å². The summed E-state index contributed by atoms with van der Waals surface area (Å²) in [6.07, 6.45) is 2.48. The number of carbonyl (C=O) groups is 1. The molecule has 0 bridgehead atoms. The zero-order chi connectivity index (χ0) is 14.4. The minimum Gasteiger partial charge on any atom is -0.392 e. The molecule has 4 nitrogen and oxygen atoms in total. The Morgan fingerprint density at radius 1 is 1.40 bits per heavy atom. The van der Waals surface area contributed by atoms with Gasteiger partial charge < -0.3 is 15.2 Å². The van der Waals surface area contributed by atoms with Crippen molar-refractivity contribution in [3.05, 3.63) is 35.1 Å². The van der Waals surface area contributed by atoms with Crippen molar-refractivity contribution in [2.24, 2.45) is 5.92 Å². The number of hydrogen-bond acceptors (Lipinski definition) is 3. The minimum atomic E-state index is -0.442. The van der Waals surface area contributed by atoms with Gasteiger partial charge >= 0.3 is 0 Å². The van der Waals surface area contributed by atoms with Crippen molar-refractivity contribution in [1.82, 2.24) is 5.32 Å². The quantitative estimate of drug-likeness (QED) is 0.884. The van der Waals surface area contributed by atoms with Gasteiger partial charge in [0.15, 0.2) is 0 Å². The lowest BCUT2D eigenvalue weighted by Crippen LogP contribution is -2.30. The number of rotatable bonds is 4. The number of carbonyl (C=O) groups excluding carboxylic acids is 1. The van der Waals surface area contributed by atoms with E-state index in [2.05, 4.69) is 5.32 Å². The van der Waals surface area contributed by atoms with Gasteiger partial charge in [0.1, 0.15) is 5.82 Å². The van der Waals surface area contributed by atoms with Crippen LogP contribution in [0.15, 0.2) is 18.2 Å². The fraction of sp³-hybridized carbons (Fsp3) is 0.533. The van der Waals surface area contributed by atoms with E-state index in [1.54, 1.807) is 6.07 Å². The highest BCUT2D eigenvalue weighted by Crippen LogP contribution is 2.16. The van der Waals surface area contributed by atoms with E-state index in [4.69, 9.17) is 9.84 Å². The summed E-state index contributed by atoms with van der Waals surface area (Å²) in [6, 6.07) is 4.60. The van der Waals surface area contributed by atoms with Crippen LogP contribution < -0.4 is 5.32 Å². The first-order valence-electron chi connectivity index (χ1n) is 6.94. The van der Waals surface area contributed by atoms with E-state index in [1.165, 1.54) is 12.1 Å². The standard InChI is InChI=1S/C15H20FNO3/c16-14-8-11(3-4-13(14)10-18)9-17-15(19)12-2-1-6-20-7-5-12/h3-4,8,12,18H,1-2,5-7,9-10H2,(H,17,19). The third-order valence-corrected chi connectivity index (χ3v) is 3.58. The van der Waals surface area contributed by atoms with Crippen LogP contribution in [0.3, 0.4) is 0 Å². The first kappa shape index (κ1) is 14.9. The van der Waals surface area contributed by atoms with E-state index >= 15 is 0 Å². The van der Waals surface area contributed by atoms with E-state index in [9.17, 15) is 9.18 Å². The monoisotopic (exact) mass is 281 g/mol. The molecule has 1 aliphatic rings. The summed E-state index contributed by atoms with van der Waals surface area (Å²) in [4.78, 5) is 12.0. The maximum atomic E-state index is 13.5. The second-order valence-electron chi connectivity index (χ2n) is 5.04. The number of amides is 1. The Hall–Kier alpha value is -1.46. The number of halogens is 1. The largest absolute Gasteiger partial charge is 0.392 e. The molecule has 0 aliphatic carbocycles. The Morgan fingerprint density at radius 3 is 3.00 bits per heavy atom. The van der Waals surface area contributed by atoms with Crippen LogP contribution in [0.25, 0.3) is 0 Å². The minimum absolute atomic E-state index is 0.00198. The van der Waals surface area contributed by atoms with Gasteiger partial charge in [-0.1, -0.05) is 12.1 Å². The number of nitrogens with one attached hydrogen (secondary N) is 1. The van der Waals surface area contributed by atoms with Gasteiger partial charge in [0.05, 0.1) is 6.61 Å².